The van der Waals surface area contributed by atoms with Crippen molar-refractivity contribution in [1.29, 1.82) is 0 Å². The van der Waals surface area contributed by atoms with E-state index in [1.165, 1.54) is 0 Å². The first-order chi connectivity index (χ1) is 15.9. The molecule has 1 saturated heterocycles. The Balaban J connectivity index is 1.50. The number of H-pyrrole nitrogens is 1. The highest BCUT2D eigenvalue weighted by Crippen LogP contribution is 2.37. The summed E-state index contributed by atoms with van der Waals surface area (Å²) < 4.78 is 5.35. The van der Waals surface area contributed by atoms with E-state index in [1.54, 1.807) is 18.2 Å². The zero-order chi connectivity index (χ0) is 23.3. The van der Waals surface area contributed by atoms with Gasteiger partial charge in [-0.2, -0.15) is 0 Å². The molecule has 0 aliphatic carbocycles. The average Bonchev–Trinajstić information content (AvgIpc) is 3.51. The van der Waals surface area contributed by atoms with Gasteiger partial charge in [-0.15, -0.1) is 0 Å². The van der Waals surface area contributed by atoms with E-state index in [9.17, 15) is 9.59 Å². The molecule has 0 radical (unpaired) electrons. The van der Waals surface area contributed by atoms with E-state index in [0.29, 0.717) is 48.4 Å². The molecule has 2 aromatic heterocycles. The highest BCUT2D eigenvalue weighted by molar-refractivity contribution is 6.07. The van der Waals surface area contributed by atoms with Crippen LogP contribution in [0.4, 0.5) is 5.82 Å². The second-order valence-corrected chi connectivity index (χ2v) is 9.31. The average molecular weight is 448 g/mol. The topological polar surface area (TPSA) is 91.4 Å². The molecular formula is C25H29N5O3. The fourth-order valence-electron chi connectivity index (χ4n) is 4.94. The lowest BCUT2D eigenvalue weighted by atomic mass is 10.1. The summed E-state index contributed by atoms with van der Waals surface area (Å²) in [5, 5.41) is 0.838. The number of aryl methyl sites for hydroxylation is 1. The van der Waals surface area contributed by atoms with Crippen LogP contribution in [0, 0.1) is 12.8 Å². The zero-order valence-electron chi connectivity index (χ0n) is 19.5. The van der Waals surface area contributed by atoms with Crippen molar-refractivity contribution in [2.45, 2.75) is 46.1 Å². The number of ether oxygens (including phenoxy) is 1. The van der Waals surface area contributed by atoms with Crippen LogP contribution in [0.2, 0.25) is 0 Å². The van der Waals surface area contributed by atoms with Gasteiger partial charge in [-0.25, -0.2) is 9.97 Å². The molecule has 33 heavy (non-hydrogen) atoms. The number of aromatic nitrogens is 3. The largest absolute Gasteiger partial charge is 0.497 e. The van der Waals surface area contributed by atoms with Crippen molar-refractivity contribution in [2.24, 2.45) is 5.92 Å². The summed E-state index contributed by atoms with van der Waals surface area (Å²) in [4.78, 5) is 42.7. The van der Waals surface area contributed by atoms with Gasteiger partial charge in [0.25, 0.3) is 5.91 Å². The monoisotopic (exact) mass is 447 g/mol. The standard InChI is InChI=1S/C25H29N5O3/c1-14(2)13-30-22(31)11-17-15(3)27-23(28-24(17)30)21-6-5-9-29(21)25(32)19-12-26-20-8-7-16(33-4)10-18(19)20/h7-8,10,12,14,21,26H,5-6,9,11,13H2,1-4H3. The number of nitrogens with one attached hydrogen (secondary N) is 1. The van der Waals surface area contributed by atoms with Crippen LogP contribution in [-0.4, -0.2) is 51.9 Å². The number of nitrogens with zero attached hydrogens (tertiary/aromatic N) is 4. The Morgan fingerprint density at radius 3 is 2.88 bits per heavy atom. The predicted octanol–water partition coefficient (Wildman–Crippen LogP) is 3.80. The van der Waals surface area contributed by atoms with Crippen LogP contribution in [0.5, 0.6) is 5.75 Å². The van der Waals surface area contributed by atoms with Crippen molar-refractivity contribution in [2.75, 3.05) is 25.1 Å². The quantitative estimate of drug-likeness (QED) is 0.642. The number of likely N-dealkylation sites (tertiary alicyclic amines) is 1. The normalized spacial score (nSPS) is 18.0. The summed E-state index contributed by atoms with van der Waals surface area (Å²) in [6.45, 7) is 7.39. The number of amides is 2. The molecule has 172 valence electrons. The SMILES string of the molecule is COc1ccc2[nH]cc(C(=O)N3CCCC3c3nc(C)c4c(n3)N(CC(C)C)C(=O)C4)c2c1. The Hall–Kier alpha value is -3.42. The molecule has 1 fully saturated rings. The van der Waals surface area contributed by atoms with Gasteiger partial charge in [0.05, 0.1) is 25.1 Å². The molecule has 0 spiro atoms. The molecule has 3 aromatic rings. The summed E-state index contributed by atoms with van der Waals surface area (Å²) in [5.74, 6) is 2.41. The van der Waals surface area contributed by atoms with Crippen LogP contribution in [0.25, 0.3) is 10.9 Å². The van der Waals surface area contributed by atoms with Gasteiger partial charge in [-0.3, -0.25) is 14.5 Å². The van der Waals surface area contributed by atoms with Gasteiger partial charge in [0.1, 0.15) is 11.6 Å². The maximum absolute atomic E-state index is 13.6. The summed E-state index contributed by atoms with van der Waals surface area (Å²) in [7, 11) is 1.62. The molecule has 1 N–H and O–H groups in total. The zero-order valence-corrected chi connectivity index (χ0v) is 19.5. The molecule has 0 bridgehead atoms. The maximum Gasteiger partial charge on any atom is 0.256 e. The molecule has 0 saturated carbocycles. The fraction of sp³-hybridized carbons (Fsp3) is 0.440. The van der Waals surface area contributed by atoms with Crippen LogP contribution in [-0.2, 0) is 11.2 Å². The number of rotatable bonds is 5. The second-order valence-electron chi connectivity index (χ2n) is 9.31. The Morgan fingerprint density at radius 2 is 2.12 bits per heavy atom. The second kappa shape index (κ2) is 8.17. The van der Waals surface area contributed by atoms with Gasteiger partial charge in [0, 0.05) is 41.4 Å². The molecule has 1 unspecified atom stereocenters. The van der Waals surface area contributed by atoms with E-state index in [0.717, 1.165) is 35.0 Å². The molecule has 8 heteroatoms. The number of benzene rings is 1. The van der Waals surface area contributed by atoms with Crippen LogP contribution in [0.15, 0.2) is 24.4 Å². The number of fused-ring (bicyclic) bond motifs is 2. The van der Waals surface area contributed by atoms with Gasteiger partial charge >= 0.3 is 0 Å². The Labute approximate surface area is 193 Å². The molecule has 2 aliphatic rings. The summed E-state index contributed by atoms with van der Waals surface area (Å²) in [6, 6.07) is 5.46. The lowest BCUT2D eigenvalue weighted by Gasteiger charge is -2.25. The molecule has 8 nitrogen and oxygen atoms in total. The first-order valence-electron chi connectivity index (χ1n) is 11.5. The van der Waals surface area contributed by atoms with E-state index in [-0.39, 0.29) is 17.9 Å². The predicted molar refractivity (Wildman–Crippen MR) is 126 cm³/mol. The molecular weight excluding hydrogens is 418 g/mol. The highest BCUT2D eigenvalue weighted by Gasteiger charge is 2.37. The third-order valence-electron chi connectivity index (χ3n) is 6.57. The third kappa shape index (κ3) is 3.63. The highest BCUT2D eigenvalue weighted by atomic mass is 16.5. The van der Waals surface area contributed by atoms with Crippen molar-refractivity contribution in [3.63, 3.8) is 0 Å². The number of methoxy groups -OCH3 is 1. The van der Waals surface area contributed by atoms with Crippen LogP contribution < -0.4 is 9.64 Å². The summed E-state index contributed by atoms with van der Waals surface area (Å²) in [6.07, 6.45) is 3.79. The lowest BCUT2D eigenvalue weighted by Crippen LogP contribution is -2.33. The van der Waals surface area contributed by atoms with Crippen LogP contribution >= 0.6 is 0 Å². The molecule has 4 heterocycles. The van der Waals surface area contributed by atoms with E-state index < -0.39 is 0 Å². The summed E-state index contributed by atoms with van der Waals surface area (Å²) in [5.41, 5.74) is 3.24. The van der Waals surface area contributed by atoms with Crippen LogP contribution in [0.1, 0.15) is 60.2 Å². The fourth-order valence-corrected chi connectivity index (χ4v) is 4.94. The Bertz CT molecular complexity index is 1250. The third-order valence-corrected chi connectivity index (χ3v) is 6.57. The lowest BCUT2D eigenvalue weighted by molar-refractivity contribution is -0.117. The first-order valence-corrected chi connectivity index (χ1v) is 11.5. The first kappa shape index (κ1) is 21.4. The number of carbonyl (C=O) groups is 2. The number of carbonyl (C=O) groups excluding carboxylic acids is 2. The van der Waals surface area contributed by atoms with Crippen molar-refractivity contribution in [3.05, 3.63) is 47.0 Å². The molecule has 2 amide bonds. The van der Waals surface area contributed by atoms with E-state index in [2.05, 4.69) is 18.8 Å². The summed E-state index contributed by atoms with van der Waals surface area (Å²) >= 11 is 0. The van der Waals surface area contributed by atoms with Crippen molar-refractivity contribution in [3.8, 4) is 5.75 Å². The number of hydrogen-bond donors (Lipinski definition) is 1. The van der Waals surface area contributed by atoms with Gasteiger partial charge in [-0.05, 0) is 43.9 Å². The number of anilines is 1. The maximum atomic E-state index is 13.6. The van der Waals surface area contributed by atoms with Gasteiger partial charge < -0.3 is 14.6 Å². The van der Waals surface area contributed by atoms with Crippen molar-refractivity contribution in [1.82, 2.24) is 19.9 Å². The van der Waals surface area contributed by atoms with Gasteiger partial charge in [0.2, 0.25) is 5.91 Å². The number of hydrogen-bond acceptors (Lipinski definition) is 5. The van der Waals surface area contributed by atoms with Gasteiger partial charge in [0.15, 0.2) is 5.82 Å². The van der Waals surface area contributed by atoms with E-state index in [4.69, 9.17) is 14.7 Å². The minimum atomic E-state index is -0.214. The molecule has 1 aromatic carbocycles. The minimum absolute atomic E-state index is 0.0473. The van der Waals surface area contributed by atoms with E-state index in [1.807, 2.05) is 30.0 Å². The molecule has 1 atom stereocenters. The van der Waals surface area contributed by atoms with Crippen LogP contribution in [0.3, 0.4) is 0 Å². The van der Waals surface area contributed by atoms with Crippen molar-refractivity contribution >= 4 is 28.5 Å². The van der Waals surface area contributed by atoms with E-state index >= 15 is 0 Å². The smallest absolute Gasteiger partial charge is 0.256 e. The van der Waals surface area contributed by atoms with Gasteiger partial charge in [-0.1, -0.05) is 13.8 Å². The Kier molecular flexibility index (Phi) is 5.31. The molecule has 2 aliphatic heterocycles. The minimum Gasteiger partial charge on any atom is -0.497 e. The number of aromatic amines is 1. The van der Waals surface area contributed by atoms with Crippen molar-refractivity contribution < 1.29 is 14.3 Å². The Morgan fingerprint density at radius 1 is 1.30 bits per heavy atom. The molecule has 5 rings (SSSR count).